The quantitative estimate of drug-likeness (QED) is 0.245. The standard InChI is InChI=1S/C27H21BrF3N3O3/c1-16-6-8-23(10-17(16)2)33-25(35)15-37-24-9-7-21(28)12-18(24)11-19(14-32)26(36)34-22-5-3-4-20(13-22)27(29,30)31/h3-13H,15H2,1-2H3,(H,33,35)(H,34,36)/b19-11+. The van der Waals surface area contributed by atoms with Crippen molar-refractivity contribution in [3.8, 4) is 11.8 Å². The number of carbonyl (C=O) groups excluding carboxylic acids is 2. The minimum absolute atomic E-state index is 0.116. The summed E-state index contributed by atoms with van der Waals surface area (Å²) in [5, 5.41) is 14.6. The average Bonchev–Trinajstić information content (AvgIpc) is 2.83. The molecule has 0 bridgehead atoms. The highest BCUT2D eigenvalue weighted by atomic mass is 79.9. The van der Waals surface area contributed by atoms with E-state index in [9.17, 15) is 28.0 Å². The average molecular weight is 572 g/mol. The van der Waals surface area contributed by atoms with Gasteiger partial charge in [-0.3, -0.25) is 9.59 Å². The smallest absolute Gasteiger partial charge is 0.416 e. The number of rotatable bonds is 7. The molecular formula is C27H21BrF3N3O3. The van der Waals surface area contributed by atoms with Gasteiger partial charge in [-0.05, 0) is 79.6 Å². The monoisotopic (exact) mass is 571 g/mol. The fourth-order valence-corrected chi connectivity index (χ4v) is 3.58. The molecule has 0 aliphatic heterocycles. The minimum Gasteiger partial charge on any atom is -0.483 e. The first-order valence-electron chi connectivity index (χ1n) is 10.9. The van der Waals surface area contributed by atoms with Crippen LogP contribution in [0.4, 0.5) is 24.5 Å². The van der Waals surface area contributed by atoms with Gasteiger partial charge in [0.1, 0.15) is 17.4 Å². The largest absolute Gasteiger partial charge is 0.483 e. The molecule has 0 fully saturated rings. The number of nitrogens with one attached hydrogen (secondary N) is 2. The molecule has 0 saturated heterocycles. The summed E-state index contributed by atoms with van der Waals surface area (Å²) < 4.78 is 45.1. The molecule has 6 nitrogen and oxygen atoms in total. The van der Waals surface area contributed by atoms with Gasteiger partial charge >= 0.3 is 6.18 Å². The van der Waals surface area contributed by atoms with Crippen LogP contribution in [0.5, 0.6) is 5.75 Å². The second kappa shape index (κ2) is 11.8. The van der Waals surface area contributed by atoms with E-state index in [1.54, 1.807) is 30.3 Å². The molecule has 0 heterocycles. The van der Waals surface area contributed by atoms with Gasteiger partial charge < -0.3 is 15.4 Å². The van der Waals surface area contributed by atoms with Gasteiger partial charge in [-0.25, -0.2) is 0 Å². The number of benzene rings is 3. The summed E-state index contributed by atoms with van der Waals surface area (Å²) in [6.45, 7) is 3.55. The summed E-state index contributed by atoms with van der Waals surface area (Å²) in [7, 11) is 0. The Bertz CT molecular complexity index is 1410. The van der Waals surface area contributed by atoms with Crippen molar-refractivity contribution in [1.29, 1.82) is 5.26 Å². The molecule has 3 aromatic carbocycles. The van der Waals surface area contributed by atoms with Crippen molar-refractivity contribution in [3.63, 3.8) is 0 Å². The van der Waals surface area contributed by atoms with Crippen LogP contribution in [-0.2, 0) is 15.8 Å². The molecule has 0 radical (unpaired) electrons. The van der Waals surface area contributed by atoms with Gasteiger partial charge in [-0.1, -0.05) is 28.1 Å². The summed E-state index contributed by atoms with van der Waals surface area (Å²) in [4.78, 5) is 25.0. The molecule has 0 aromatic heterocycles. The van der Waals surface area contributed by atoms with Crippen LogP contribution in [0.25, 0.3) is 6.08 Å². The number of ether oxygens (including phenoxy) is 1. The minimum atomic E-state index is -4.58. The second-order valence-electron chi connectivity index (χ2n) is 8.02. The van der Waals surface area contributed by atoms with Crippen LogP contribution in [-0.4, -0.2) is 18.4 Å². The van der Waals surface area contributed by atoms with Gasteiger partial charge in [0.05, 0.1) is 5.56 Å². The van der Waals surface area contributed by atoms with Crippen LogP contribution < -0.4 is 15.4 Å². The third-order valence-electron chi connectivity index (χ3n) is 5.23. The molecule has 3 aromatic rings. The van der Waals surface area contributed by atoms with Crippen molar-refractivity contribution in [2.75, 3.05) is 17.2 Å². The number of halogens is 4. The van der Waals surface area contributed by atoms with Crippen LogP contribution >= 0.6 is 15.9 Å². The zero-order valence-electron chi connectivity index (χ0n) is 19.7. The highest BCUT2D eigenvalue weighted by Gasteiger charge is 2.30. The molecule has 2 N–H and O–H groups in total. The van der Waals surface area contributed by atoms with Gasteiger partial charge in [0.15, 0.2) is 6.61 Å². The van der Waals surface area contributed by atoms with E-state index in [2.05, 4.69) is 26.6 Å². The lowest BCUT2D eigenvalue weighted by Gasteiger charge is -2.12. The molecule has 0 spiro atoms. The fourth-order valence-electron chi connectivity index (χ4n) is 3.20. The highest BCUT2D eigenvalue weighted by Crippen LogP contribution is 2.31. The molecule has 0 aliphatic carbocycles. The predicted octanol–water partition coefficient (Wildman–Crippen LogP) is 6.65. The zero-order valence-corrected chi connectivity index (χ0v) is 21.3. The number of nitriles is 1. The fraction of sp³-hybridized carbons (Fsp3) is 0.148. The molecular weight excluding hydrogens is 551 g/mol. The van der Waals surface area contributed by atoms with Crippen LogP contribution in [0.15, 0.2) is 70.7 Å². The lowest BCUT2D eigenvalue weighted by atomic mass is 10.1. The number of hydrogen-bond donors (Lipinski definition) is 2. The van der Waals surface area contributed by atoms with E-state index in [1.807, 2.05) is 26.0 Å². The molecule has 37 heavy (non-hydrogen) atoms. The Kier molecular flexibility index (Phi) is 8.73. The number of anilines is 2. The summed E-state index contributed by atoms with van der Waals surface area (Å²) >= 11 is 3.31. The topological polar surface area (TPSA) is 91.2 Å². The predicted molar refractivity (Wildman–Crippen MR) is 138 cm³/mol. The number of amides is 2. The lowest BCUT2D eigenvalue weighted by Crippen LogP contribution is -2.20. The van der Waals surface area contributed by atoms with Crippen molar-refractivity contribution >= 4 is 45.2 Å². The van der Waals surface area contributed by atoms with Crippen molar-refractivity contribution in [3.05, 3.63) is 93.0 Å². The summed E-state index contributed by atoms with van der Waals surface area (Å²) in [6.07, 6.45) is -3.36. The first kappa shape index (κ1) is 27.5. The van der Waals surface area contributed by atoms with Crippen LogP contribution in [0, 0.1) is 25.2 Å². The molecule has 0 saturated carbocycles. The van der Waals surface area contributed by atoms with Crippen LogP contribution in [0.1, 0.15) is 22.3 Å². The van der Waals surface area contributed by atoms with Crippen molar-refractivity contribution in [2.45, 2.75) is 20.0 Å². The number of alkyl halides is 3. The third-order valence-corrected chi connectivity index (χ3v) is 5.73. The Morgan fingerprint density at radius 3 is 2.41 bits per heavy atom. The maximum Gasteiger partial charge on any atom is 0.416 e. The lowest BCUT2D eigenvalue weighted by molar-refractivity contribution is -0.137. The highest BCUT2D eigenvalue weighted by molar-refractivity contribution is 9.10. The third kappa shape index (κ3) is 7.69. The van der Waals surface area contributed by atoms with E-state index in [0.717, 1.165) is 29.3 Å². The first-order chi connectivity index (χ1) is 17.5. The van der Waals surface area contributed by atoms with E-state index in [-0.39, 0.29) is 23.6 Å². The molecule has 10 heteroatoms. The number of hydrogen-bond acceptors (Lipinski definition) is 4. The molecule has 190 valence electrons. The molecule has 0 atom stereocenters. The normalized spacial score (nSPS) is 11.4. The van der Waals surface area contributed by atoms with Crippen LogP contribution in [0.2, 0.25) is 0 Å². The maximum atomic E-state index is 13.0. The van der Waals surface area contributed by atoms with Crippen molar-refractivity contribution in [1.82, 2.24) is 0 Å². The number of aryl methyl sites for hydroxylation is 2. The Morgan fingerprint density at radius 1 is 1.00 bits per heavy atom. The Balaban J connectivity index is 1.76. The number of nitrogens with zero attached hydrogens (tertiary/aromatic N) is 1. The van der Waals surface area contributed by atoms with Gasteiger partial charge in [0, 0.05) is 21.4 Å². The summed E-state index contributed by atoms with van der Waals surface area (Å²) in [6, 6.07) is 16.1. The van der Waals surface area contributed by atoms with Gasteiger partial charge in [0.25, 0.3) is 11.8 Å². The maximum absolute atomic E-state index is 13.0. The molecule has 0 aliphatic rings. The van der Waals surface area contributed by atoms with E-state index in [4.69, 9.17) is 4.74 Å². The van der Waals surface area contributed by atoms with E-state index >= 15 is 0 Å². The Hall–Kier alpha value is -4.10. The molecule has 3 rings (SSSR count). The summed E-state index contributed by atoms with van der Waals surface area (Å²) in [5.41, 5.74) is 1.61. The van der Waals surface area contributed by atoms with Crippen LogP contribution in [0.3, 0.4) is 0 Å². The SMILES string of the molecule is Cc1ccc(NC(=O)COc2ccc(Br)cc2/C=C(\C#N)C(=O)Nc2cccc(C(F)(F)F)c2)cc1C. The molecule has 2 amide bonds. The van der Waals surface area contributed by atoms with Gasteiger partial charge in [-0.15, -0.1) is 0 Å². The second-order valence-corrected chi connectivity index (χ2v) is 8.94. The van der Waals surface area contributed by atoms with Crippen molar-refractivity contribution < 1.29 is 27.5 Å². The van der Waals surface area contributed by atoms with Gasteiger partial charge in [-0.2, -0.15) is 18.4 Å². The number of carbonyl (C=O) groups is 2. The Labute approximate surface area is 219 Å². The van der Waals surface area contributed by atoms with E-state index in [1.165, 1.54) is 12.1 Å². The first-order valence-corrected chi connectivity index (χ1v) is 11.7. The summed E-state index contributed by atoms with van der Waals surface area (Å²) in [5.74, 6) is -1.10. The van der Waals surface area contributed by atoms with Gasteiger partial charge in [0.2, 0.25) is 0 Å². The zero-order chi connectivity index (χ0) is 27.2. The Morgan fingerprint density at radius 2 is 1.73 bits per heavy atom. The van der Waals surface area contributed by atoms with Crippen molar-refractivity contribution in [2.24, 2.45) is 0 Å². The molecule has 0 unspecified atom stereocenters. The van der Waals surface area contributed by atoms with E-state index < -0.39 is 23.6 Å². The van der Waals surface area contributed by atoms with E-state index in [0.29, 0.717) is 15.7 Å².